The van der Waals surface area contributed by atoms with Crippen LogP contribution in [-0.2, 0) is 9.53 Å². The van der Waals surface area contributed by atoms with Gasteiger partial charge in [0.25, 0.3) is 0 Å². The minimum Gasteiger partial charge on any atom is -0.378 e. The summed E-state index contributed by atoms with van der Waals surface area (Å²) < 4.78 is 7.20. The summed E-state index contributed by atoms with van der Waals surface area (Å²) in [6, 6.07) is 7.39. The van der Waals surface area contributed by atoms with E-state index in [2.05, 4.69) is 15.6 Å². The summed E-state index contributed by atoms with van der Waals surface area (Å²) in [5, 5.41) is 9.33. The molecule has 2 aromatic rings. The zero-order valence-electron chi connectivity index (χ0n) is 13.7. The summed E-state index contributed by atoms with van der Waals surface area (Å²) in [6.07, 6.45) is 0. The molecule has 0 radical (unpaired) electrons. The van der Waals surface area contributed by atoms with Crippen molar-refractivity contribution in [3.63, 3.8) is 0 Å². The highest BCUT2D eigenvalue weighted by molar-refractivity contribution is 8.00. The van der Waals surface area contributed by atoms with Gasteiger partial charge in [-0.25, -0.2) is 4.68 Å². The van der Waals surface area contributed by atoms with E-state index in [0.717, 1.165) is 11.4 Å². The third kappa shape index (κ3) is 3.21. The molecule has 1 aromatic carbocycles. The van der Waals surface area contributed by atoms with Gasteiger partial charge in [-0.3, -0.25) is 4.79 Å². The summed E-state index contributed by atoms with van der Waals surface area (Å²) in [6.45, 7) is 4.28. The van der Waals surface area contributed by atoms with Crippen molar-refractivity contribution in [1.82, 2.24) is 19.8 Å². The highest BCUT2D eigenvalue weighted by Crippen LogP contribution is 2.38. The van der Waals surface area contributed by atoms with E-state index in [-0.39, 0.29) is 17.2 Å². The first kappa shape index (κ1) is 16.7. The number of ether oxygens (including phenoxy) is 1. The number of thioether (sulfide) groups is 1. The Kier molecular flexibility index (Phi) is 4.58. The smallest absolute Gasteiger partial charge is 0.238 e. The van der Waals surface area contributed by atoms with Crippen molar-refractivity contribution >= 4 is 29.3 Å². The maximum absolute atomic E-state index is 13.1. The minimum atomic E-state index is -0.324. The number of aromatic nitrogens is 3. The molecule has 3 heterocycles. The number of hydrogen-bond donors (Lipinski definition) is 1. The van der Waals surface area contributed by atoms with Crippen LogP contribution in [0, 0.1) is 6.92 Å². The molecule has 2 atom stereocenters. The number of benzene rings is 1. The van der Waals surface area contributed by atoms with Crippen LogP contribution in [0.2, 0.25) is 5.02 Å². The molecule has 4 rings (SSSR count). The van der Waals surface area contributed by atoms with Gasteiger partial charge < -0.3 is 15.1 Å². The zero-order chi connectivity index (χ0) is 17.4. The summed E-state index contributed by atoms with van der Waals surface area (Å²) in [5.41, 5.74) is 4.40. The third-order valence-electron chi connectivity index (χ3n) is 4.39. The standard InChI is InChI=1S/C16H18ClN5O2S/c1-10-18-19-16-22(10)20-13(11-2-4-12(17)5-3-11)14(25-16)15(23)21-6-8-24-9-7-21/h2-5,13-14,20H,6-9H2,1H3/t13-,14+/m0/s1. The predicted octanol–water partition coefficient (Wildman–Crippen LogP) is 1.86. The Morgan fingerprint density at radius 3 is 2.72 bits per heavy atom. The maximum atomic E-state index is 13.1. The Hall–Kier alpha value is -1.77. The summed E-state index contributed by atoms with van der Waals surface area (Å²) in [7, 11) is 0. The van der Waals surface area contributed by atoms with Gasteiger partial charge in [-0.05, 0) is 24.6 Å². The molecular formula is C16H18ClN5O2S. The molecule has 1 amide bonds. The number of morpholine rings is 1. The average Bonchev–Trinajstić information content (AvgIpc) is 3.02. The maximum Gasteiger partial charge on any atom is 0.238 e. The summed E-state index contributed by atoms with van der Waals surface area (Å²) in [4.78, 5) is 15.0. The molecule has 132 valence electrons. The summed E-state index contributed by atoms with van der Waals surface area (Å²) >= 11 is 7.47. The minimum absolute atomic E-state index is 0.0904. The van der Waals surface area contributed by atoms with E-state index >= 15 is 0 Å². The quantitative estimate of drug-likeness (QED) is 0.858. The molecule has 9 heteroatoms. The molecule has 0 saturated carbocycles. The second kappa shape index (κ2) is 6.86. The van der Waals surface area contributed by atoms with E-state index in [1.54, 1.807) is 0 Å². The number of fused-ring (bicyclic) bond motifs is 1. The van der Waals surface area contributed by atoms with E-state index in [1.165, 1.54) is 11.8 Å². The lowest BCUT2D eigenvalue weighted by Crippen LogP contribution is -2.49. The summed E-state index contributed by atoms with van der Waals surface area (Å²) in [5.74, 6) is 0.853. The van der Waals surface area contributed by atoms with Crippen molar-refractivity contribution in [2.75, 3.05) is 31.7 Å². The number of carbonyl (C=O) groups excluding carboxylic acids is 1. The van der Waals surface area contributed by atoms with Crippen LogP contribution in [0.4, 0.5) is 0 Å². The number of aryl methyl sites for hydroxylation is 1. The number of amides is 1. The Labute approximate surface area is 154 Å². The second-order valence-corrected chi connectivity index (χ2v) is 7.54. The highest BCUT2D eigenvalue weighted by Gasteiger charge is 2.39. The molecular weight excluding hydrogens is 362 g/mol. The molecule has 25 heavy (non-hydrogen) atoms. The Morgan fingerprint density at radius 1 is 1.28 bits per heavy atom. The van der Waals surface area contributed by atoms with Crippen LogP contribution in [-0.4, -0.2) is 57.2 Å². The van der Waals surface area contributed by atoms with E-state index in [1.807, 2.05) is 40.8 Å². The Balaban J connectivity index is 1.68. The predicted molar refractivity (Wildman–Crippen MR) is 95.4 cm³/mol. The number of halogens is 1. The highest BCUT2D eigenvalue weighted by atomic mass is 35.5. The van der Waals surface area contributed by atoms with Crippen molar-refractivity contribution in [2.24, 2.45) is 0 Å². The van der Waals surface area contributed by atoms with Gasteiger partial charge in [-0.15, -0.1) is 10.2 Å². The Bertz CT molecular complexity index is 775. The van der Waals surface area contributed by atoms with Gasteiger partial charge in [-0.2, -0.15) is 0 Å². The molecule has 0 unspecified atom stereocenters. The average molecular weight is 380 g/mol. The van der Waals surface area contributed by atoms with Crippen LogP contribution >= 0.6 is 23.4 Å². The topological polar surface area (TPSA) is 72.3 Å². The van der Waals surface area contributed by atoms with Gasteiger partial charge in [0.15, 0.2) is 0 Å². The number of hydrogen-bond acceptors (Lipinski definition) is 6. The molecule has 7 nitrogen and oxygen atoms in total. The van der Waals surface area contributed by atoms with Crippen LogP contribution in [0.5, 0.6) is 0 Å². The van der Waals surface area contributed by atoms with E-state index in [0.29, 0.717) is 36.5 Å². The molecule has 1 fully saturated rings. The van der Waals surface area contributed by atoms with Crippen LogP contribution in [0.3, 0.4) is 0 Å². The van der Waals surface area contributed by atoms with Gasteiger partial charge in [0, 0.05) is 18.1 Å². The number of rotatable bonds is 2. The zero-order valence-corrected chi connectivity index (χ0v) is 15.3. The normalized spacial score (nSPS) is 23.0. The largest absolute Gasteiger partial charge is 0.378 e. The molecule has 0 spiro atoms. The van der Waals surface area contributed by atoms with Crippen molar-refractivity contribution in [3.8, 4) is 0 Å². The fraction of sp³-hybridized carbons (Fsp3) is 0.438. The van der Waals surface area contributed by atoms with Gasteiger partial charge >= 0.3 is 0 Å². The van der Waals surface area contributed by atoms with Gasteiger partial charge in [0.05, 0.1) is 19.3 Å². The molecule has 0 aliphatic carbocycles. The van der Waals surface area contributed by atoms with Gasteiger partial charge in [0.1, 0.15) is 11.1 Å². The first-order chi connectivity index (χ1) is 12.1. The van der Waals surface area contributed by atoms with Crippen LogP contribution in [0.1, 0.15) is 17.4 Å². The van der Waals surface area contributed by atoms with E-state index in [9.17, 15) is 4.79 Å². The van der Waals surface area contributed by atoms with Gasteiger partial charge in [0.2, 0.25) is 11.1 Å². The first-order valence-corrected chi connectivity index (χ1v) is 9.36. The molecule has 2 aliphatic rings. The number of carbonyl (C=O) groups is 1. The van der Waals surface area contributed by atoms with Crippen LogP contribution in [0.15, 0.2) is 29.4 Å². The van der Waals surface area contributed by atoms with Crippen molar-refractivity contribution < 1.29 is 9.53 Å². The fourth-order valence-electron chi connectivity index (χ4n) is 3.03. The molecule has 1 N–H and O–H groups in total. The lowest BCUT2D eigenvalue weighted by atomic mass is 10.0. The lowest BCUT2D eigenvalue weighted by molar-refractivity contribution is -0.135. The van der Waals surface area contributed by atoms with E-state index in [4.69, 9.17) is 16.3 Å². The third-order valence-corrected chi connectivity index (χ3v) is 5.85. The number of nitrogens with one attached hydrogen (secondary N) is 1. The Morgan fingerprint density at radius 2 is 2.00 bits per heavy atom. The SMILES string of the molecule is Cc1nnc2n1N[C@@H](c1ccc(Cl)cc1)[C@H](C(=O)N1CCOCC1)S2. The van der Waals surface area contributed by atoms with Crippen molar-refractivity contribution in [1.29, 1.82) is 0 Å². The van der Waals surface area contributed by atoms with Crippen molar-refractivity contribution in [3.05, 3.63) is 40.7 Å². The van der Waals surface area contributed by atoms with Crippen molar-refractivity contribution in [2.45, 2.75) is 23.4 Å². The first-order valence-electron chi connectivity index (χ1n) is 8.11. The second-order valence-electron chi connectivity index (χ2n) is 6.00. The van der Waals surface area contributed by atoms with Crippen LogP contribution in [0.25, 0.3) is 0 Å². The lowest BCUT2D eigenvalue weighted by Gasteiger charge is -2.36. The molecule has 2 aliphatic heterocycles. The van der Waals surface area contributed by atoms with Crippen LogP contribution < -0.4 is 5.43 Å². The molecule has 1 saturated heterocycles. The molecule has 1 aromatic heterocycles. The fourth-order valence-corrected chi connectivity index (χ4v) is 4.37. The monoisotopic (exact) mass is 379 g/mol. The van der Waals surface area contributed by atoms with Gasteiger partial charge in [-0.1, -0.05) is 35.5 Å². The van der Waals surface area contributed by atoms with E-state index < -0.39 is 0 Å². The number of nitrogens with zero attached hydrogens (tertiary/aromatic N) is 4. The molecule has 0 bridgehead atoms.